The first kappa shape index (κ1) is 13.1. The number of rotatable bonds is 2. The Bertz CT molecular complexity index is 660. The van der Waals surface area contributed by atoms with E-state index in [0.717, 1.165) is 0 Å². The first-order chi connectivity index (χ1) is 8.82. The normalized spacial score (nSPS) is 11.5. The van der Waals surface area contributed by atoms with Gasteiger partial charge in [0.25, 0.3) is 5.56 Å². The summed E-state index contributed by atoms with van der Waals surface area (Å²) in [6.07, 6.45) is 0. The molecule has 100 valence electrons. The Balaban J connectivity index is 2.74. The molecule has 1 aromatic carbocycles. The molecule has 19 heavy (non-hydrogen) atoms. The number of carboxylic acid groups (broad SMARTS) is 1. The van der Waals surface area contributed by atoms with E-state index in [1.165, 1.54) is 4.68 Å². The predicted molar refractivity (Wildman–Crippen MR) is 72.0 cm³/mol. The lowest BCUT2D eigenvalue weighted by Crippen LogP contribution is -2.22. The number of hydrogen-bond donors (Lipinski definition) is 2. The second-order valence-electron chi connectivity index (χ2n) is 5.39. The van der Waals surface area contributed by atoms with Crippen molar-refractivity contribution in [1.82, 2.24) is 9.78 Å². The van der Waals surface area contributed by atoms with E-state index in [1.807, 2.05) is 26.8 Å². The Morgan fingerprint density at radius 3 is 2.21 bits per heavy atom. The molecule has 0 aliphatic heterocycles. The third-order valence-corrected chi connectivity index (χ3v) is 2.87. The number of H-pyrrole nitrogens is 1. The molecule has 1 heterocycles. The van der Waals surface area contributed by atoms with Gasteiger partial charge in [-0.25, -0.2) is 9.48 Å². The van der Waals surface area contributed by atoms with E-state index < -0.39 is 16.9 Å². The highest BCUT2D eigenvalue weighted by molar-refractivity contribution is 5.89. The van der Waals surface area contributed by atoms with E-state index in [1.54, 1.807) is 24.3 Å². The second-order valence-corrected chi connectivity index (χ2v) is 5.39. The van der Waals surface area contributed by atoms with Gasteiger partial charge in [-0.05, 0) is 12.1 Å². The lowest BCUT2D eigenvalue weighted by atomic mass is 9.89. The smallest absolute Gasteiger partial charge is 0.343 e. The van der Waals surface area contributed by atoms with Crippen LogP contribution in [-0.2, 0) is 5.41 Å². The van der Waals surface area contributed by atoms with Crippen molar-refractivity contribution >= 4 is 5.97 Å². The molecule has 0 spiro atoms. The van der Waals surface area contributed by atoms with E-state index in [0.29, 0.717) is 11.4 Å². The van der Waals surface area contributed by atoms with Crippen LogP contribution in [0.4, 0.5) is 0 Å². The fraction of sp³-hybridized carbons (Fsp3) is 0.286. The number of aromatic amines is 1. The third-order valence-electron chi connectivity index (χ3n) is 2.87. The molecule has 2 aromatic rings. The molecular formula is C14H16N2O3. The minimum atomic E-state index is -1.21. The molecule has 0 aliphatic carbocycles. The Morgan fingerprint density at radius 1 is 1.21 bits per heavy atom. The molecular weight excluding hydrogens is 244 g/mol. The van der Waals surface area contributed by atoms with E-state index in [4.69, 9.17) is 0 Å². The van der Waals surface area contributed by atoms with Crippen molar-refractivity contribution in [2.24, 2.45) is 0 Å². The Hall–Kier alpha value is -2.30. The molecule has 0 atom stereocenters. The van der Waals surface area contributed by atoms with Crippen LogP contribution >= 0.6 is 0 Å². The van der Waals surface area contributed by atoms with Gasteiger partial charge in [0.1, 0.15) is 5.56 Å². The Kier molecular flexibility index (Phi) is 3.06. The quantitative estimate of drug-likeness (QED) is 0.868. The molecule has 0 bridgehead atoms. The number of nitrogens with one attached hydrogen (secondary N) is 1. The zero-order valence-electron chi connectivity index (χ0n) is 11.1. The van der Waals surface area contributed by atoms with Gasteiger partial charge in [0.05, 0.1) is 11.4 Å². The maximum absolute atomic E-state index is 12.2. The second kappa shape index (κ2) is 4.42. The molecule has 0 amide bonds. The summed E-state index contributed by atoms with van der Waals surface area (Å²) < 4.78 is 1.27. The molecule has 1 aromatic heterocycles. The van der Waals surface area contributed by atoms with Crippen molar-refractivity contribution in [3.63, 3.8) is 0 Å². The van der Waals surface area contributed by atoms with Crippen molar-refractivity contribution in [3.8, 4) is 5.69 Å². The van der Waals surface area contributed by atoms with Gasteiger partial charge in [-0.1, -0.05) is 39.0 Å². The zero-order valence-corrected chi connectivity index (χ0v) is 11.1. The van der Waals surface area contributed by atoms with Gasteiger partial charge in [-0.15, -0.1) is 0 Å². The fourth-order valence-corrected chi connectivity index (χ4v) is 1.94. The maximum atomic E-state index is 12.2. The van der Waals surface area contributed by atoms with Crippen LogP contribution in [0, 0.1) is 0 Å². The number of nitrogens with zero attached hydrogens (tertiary/aromatic N) is 1. The van der Waals surface area contributed by atoms with Crippen LogP contribution in [0.25, 0.3) is 5.69 Å². The van der Waals surface area contributed by atoms with Crippen LogP contribution in [0.5, 0.6) is 0 Å². The molecule has 0 unspecified atom stereocenters. The van der Waals surface area contributed by atoms with E-state index in [9.17, 15) is 14.7 Å². The van der Waals surface area contributed by atoms with Crippen LogP contribution in [0.3, 0.4) is 0 Å². The highest BCUT2D eigenvalue weighted by Gasteiger charge is 2.28. The average Bonchev–Trinajstić information content (AvgIpc) is 2.68. The van der Waals surface area contributed by atoms with Crippen molar-refractivity contribution in [2.75, 3.05) is 0 Å². The first-order valence-corrected chi connectivity index (χ1v) is 5.96. The lowest BCUT2D eigenvalue weighted by Gasteiger charge is -2.16. The highest BCUT2D eigenvalue weighted by Crippen LogP contribution is 2.23. The lowest BCUT2D eigenvalue weighted by molar-refractivity contribution is 0.0692. The van der Waals surface area contributed by atoms with E-state index >= 15 is 0 Å². The fourth-order valence-electron chi connectivity index (χ4n) is 1.94. The Morgan fingerprint density at radius 2 is 1.79 bits per heavy atom. The minimum absolute atomic E-state index is 0.198. The number of carboxylic acids is 1. The topological polar surface area (TPSA) is 75.1 Å². The summed E-state index contributed by atoms with van der Waals surface area (Å²) in [6, 6.07) is 8.91. The van der Waals surface area contributed by atoms with Crippen LogP contribution in [0.2, 0.25) is 0 Å². The summed E-state index contributed by atoms with van der Waals surface area (Å²) in [7, 11) is 0. The molecule has 2 N–H and O–H groups in total. The number of hydrogen-bond acceptors (Lipinski definition) is 2. The monoisotopic (exact) mass is 260 g/mol. The van der Waals surface area contributed by atoms with Crippen LogP contribution < -0.4 is 5.56 Å². The van der Waals surface area contributed by atoms with Crippen molar-refractivity contribution < 1.29 is 9.90 Å². The van der Waals surface area contributed by atoms with Gasteiger partial charge in [0, 0.05) is 5.41 Å². The minimum Gasteiger partial charge on any atom is -0.477 e. The number of aromatic carboxylic acids is 1. The summed E-state index contributed by atoms with van der Waals surface area (Å²) >= 11 is 0. The van der Waals surface area contributed by atoms with Crippen LogP contribution in [0.15, 0.2) is 35.1 Å². The first-order valence-electron chi connectivity index (χ1n) is 5.96. The van der Waals surface area contributed by atoms with Gasteiger partial charge in [-0.3, -0.25) is 9.89 Å². The summed E-state index contributed by atoms with van der Waals surface area (Å²) in [6.45, 7) is 5.58. The highest BCUT2D eigenvalue weighted by atomic mass is 16.4. The summed E-state index contributed by atoms with van der Waals surface area (Å²) in [5, 5.41) is 12.1. The van der Waals surface area contributed by atoms with Crippen molar-refractivity contribution in [2.45, 2.75) is 26.2 Å². The molecule has 0 fully saturated rings. The number of para-hydroxylation sites is 1. The Labute approximate surface area is 110 Å². The SMILES string of the molecule is CC(C)(C)c1[nH]n(-c2ccccc2)c(=O)c1C(=O)O. The summed E-state index contributed by atoms with van der Waals surface area (Å²) in [5.41, 5.74) is -0.147. The molecule has 5 nitrogen and oxygen atoms in total. The molecule has 2 rings (SSSR count). The summed E-state index contributed by atoms with van der Waals surface area (Å²) in [5.74, 6) is -1.21. The van der Waals surface area contributed by atoms with Gasteiger partial charge < -0.3 is 5.11 Å². The number of carbonyl (C=O) groups is 1. The van der Waals surface area contributed by atoms with Crippen molar-refractivity contribution in [1.29, 1.82) is 0 Å². The van der Waals surface area contributed by atoms with Crippen molar-refractivity contribution in [3.05, 3.63) is 51.9 Å². The molecule has 0 aliphatic rings. The standard InChI is InChI=1S/C14H16N2O3/c1-14(2,3)11-10(13(18)19)12(17)16(15-11)9-7-5-4-6-8-9/h4-8,15H,1-3H3,(H,18,19). The van der Waals surface area contributed by atoms with Gasteiger partial charge in [0.2, 0.25) is 0 Å². The van der Waals surface area contributed by atoms with E-state index in [2.05, 4.69) is 5.10 Å². The predicted octanol–water partition coefficient (Wildman–Crippen LogP) is 2.16. The largest absolute Gasteiger partial charge is 0.477 e. The third kappa shape index (κ3) is 2.31. The molecule has 5 heteroatoms. The number of benzene rings is 1. The maximum Gasteiger partial charge on any atom is 0.343 e. The molecule has 0 radical (unpaired) electrons. The van der Waals surface area contributed by atoms with Crippen LogP contribution in [-0.4, -0.2) is 20.9 Å². The average molecular weight is 260 g/mol. The van der Waals surface area contributed by atoms with Crippen LogP contribution in [0.1, 0.15) is 36.8 Å². The van der Waals surface area contributed by atoms with E-state index in [-0.39, 0.29) is 5.56 Å². The summed E-state index contributed by atoms with van der Waals surface area (Å²) in [4.78, 5) is 23.5. The molecule has 0 saturated heterocycles. The van der Waals surface area contributed by atoms with Gasteiger partial charge in [0.15, 0.2) is 0 Å². The van der Waals surface area contributed by atoms with Gasteiger partial charge >= 0.3 is 5.97 Å². The number of aromatic nitrogens is 2. The molecule has 0 saturated carbocycles. The zero-order chi connectivity index (χ0) is 14.2. The van der Waals surface area contributed by atoms with Gasteiger partial charge in [-0.2, -0.15) is 0 Å².